The van der Waals surface area contributed by atoms with Crippen LogP contribution in [-0.4, -0.2) is 4.32 Å². The van der Waals surface area contributed by atoms with Gasteiger partial charge in [0.1, 0.15) is 4.32 Å². The number of hydrogen-bond donors (Lipinski definition) is 0. The van der Waals surface area contributed by atoms with Gasteiger partial charge in [-0.05, 0) is 17.9 Å². The second kappa shape index (κ2) is 4.73. The Morgan fingerprint density at radius 3 is 2.23 bits per heavy atom. The SMILES string of the molecule is CC(C)Cc1ccc(C(=S)Cl)cc1. The van der Waals surface area contributed by atoms with Crippen LogP contribution in [-0.2, 0) is 6.42 Å². The van der Waals surface area contributed by atoms with E-state index in [1.165, 1.54) is 5.56 Å². The number of rotatable bonds is 3. The Morgan fingerprint density at radius 2 is 1.85 bits per heavy atom. The van der Waals surface area contributed by atoms with Gasteiger partial charge in [0.05, 0.1) is 0 Å². The molecule has 0 N–H and O–H groups in total. The lowest BCUT2D eigenvalue weighted by Crippen LogP contribution is -1.94. The van der Waals surface area contributed by atoms with E-state index in [4.69, 9.17) is 23.8 Å². The fourth-order valence-electron chi connectivity index (χ4n) is 1.24. The van der Waals surface area contributed by atoms with Crippen molar-refractivity contribution < 1.29 is 0 Å². The Kier molecular flexibility index (Phi) is 3.89. The summed E-state index contributed by atoms with van der Waals surface area (Å²) in [7, 11) is 0. The van der Waals surface area contributed by atoms with E-state index in [1.54, 1.807) is 0 Å². The van der Waals surface area contributed by atoms with Crippen LogP contribution in [0.5, 0.6) is 0 Å². The molecule has 13 heavy (non-hydrogen) atoms. The molecule has 0 saturated heterocycles. The molecule has 0 aliphatic rings. The molecule has 2 heteroatoms. The molecular formula is C11H13ClS. The zero-order valence-electron chi connectivity index (χ0n) is 7.88. The third-order valence-corrected chi connectivity index (χ3v) is 2.28. The standard InChI is InChI=1S/C11H13ClS/c1-8(2)7-9-3-5-10(6-4-9)11(12)13/h3-6,8H,7H2,1-2H3. The van der Waals surface area contributed by atoms with Crippen LogP contribution in [0.4, 0.5) is 0 Å². The smallest absolute Gasteiger partial charge is 0.0709 e. The van der Waals surface area contributed by atoms with Crippen molar-refractivity contribution in [3.8, 4) is 0 Å². The van der Waals surface area contributed by atoms with Gasteiger partial charge in [0, 0.05) is 5.56 Å². The van der Waals surface area contributed by atoms with Crippen molar-refractivity contribution in [2.45, 2.75) is 20.3 Å². The molecule has 0 fully saturated rings. The maximum absolute atomic E-state index is 5.69. The van der Waals surface area contributed by atoms with Crippen LogP contribution < -0.4 is 0 Å². The highest BCUT2D eigenvalue weighted by molar-refractivity contribution is 7.83. The third-order valence-electron chi connectivity index (χ3n) is 1.82. The first-order valence-electron chi connectivity index (χ1n) is 4.38. The Labute approximate surface area is 89.9 Å². The molecular weight excluding hydrogens is 200 g/mol. The van der Waals surface area contributed by atoms with Gasteiger partial charge in [-0.15, -0.1) is 0 Å². The average molecular weight is 213 g/mol. The molecule has 0 radical (unpaired) electrons. The summed E-state index contributed by atoms with van der Waals surface area (Å²) in [4.78, 5) is 0. The molecule has 1 aromatic rings. The van der Waals surface area contributed by atoms with Gasteiger partial charge >= 0.3 is 0 Å². The summed E-state index contributed by atoms with van der Waals surface area (Å²) in [5, 5.41) is 0. The fraction of sp³-hybridized carbons (Fsp3) is 0.364. The van der Waals surface area contributed by atoms with Crippen LogP contribution in [0.25, 0.3) is 0 Å². The molecule has 1 rings (SSSR count). The van der Waals surface area contributed by atoms with Crippen molar-refractivity contribution in [2.24, 2.45) is 5.92 Å². The molecule has 0 nitrogen and oxygen atoms in total. The van der Waals surface area contributed by atoms with E-state index >= 15 is 0 Å². The van der Waals surface area contributed by atoms with Crippen molar-refractivity contribution >= 4 is 28.1 Å². The van der Waals surface area contributed by atoms with E-state index < -0.39 is 0 Å². The number of benzene rings is 1. The maximum Gasteiger partial charge on any atom is 0.111 e. The van der Waals surface area contributed by atoms with Crippen LogP contribution in [0.15, 0.2) is 24.3 Å². The summed E-state index contributed by atoms with van der Waals surface area (Å²) in [6.07, 6.45) is 1.11. The first kappa shape index (κ1) is 10.7. The predicted octanol–water partition coefficient (Wildman–Crippen LogP) is 3.80. The molecule has 0 atom stereocenters. The minimum atomic E-state index is 0.441. The van der Waals surface area contributed by atoms with Crippen molar-refractivity contribution in [2.75, 3.05) is 0 Å². The molecule has 0 spiro atoms. The zero-order valence-corrected chi connectivity index (χ0v) is 9.45. The highest BCUT2D eigenvalue weighted by atomic mass is 35.5. The molecule has 0 saturated carbocycles. The van der Waals surface area contributed by atoms with Gasteiger partial charge in [0.15, 0.2) is 0 Å². The lowest BCUT2D eigenvalue weighted by molar-refractivity contribution is 0.647. The van der Waals surface area contributed by atoms with E-state index in [9.17, 15) is 0 Å². The lowest BCUT2D eigenvalue weighted by atomic mass is 10.0. The zero-order chi connectivity index (χ0) is 9.84. The van der Waals surface area contributed by atoms with Gasteiger partial charge < -0.3 is 0 Å². The van der Waals surface area contributed by atoms with Gasteiger partial charge in [0.2, 0.25) is 0 Å². The molecule has 0 bridgehead atoms. The molecule has 0 unspecified atom stereocenters. The molecule has 0 aliphatic heterocycles. The minimum Gasteiger partial charge on any atom is -0.0709 e. The van der Waals surface area contributed by atoms with Gasteiger partial charge in [0.25, 0.3) is 0 Å². The second-order valence-corrected chi connectivity index (χ2v) is 4.58. The first-order valence-corrected chi connectivity index (χ1v) is 5.17. The van der Waals surface area contributed by atoms with E-state index in [-0.39, 0.29) is 0 Å². The quantitative estimate of drug-likeness (QED) is 0.543. The Balaban J connectivity index is 2.75. The van der Waals surface area contributed by atoms with E-state index in [1.807, 2.05) is 12.1 Å². The van der Waals surface area contributed by atoms with Crippen LogP contribution in [0, 0.1) is 5.92 Å². The topological polar surface area (TPSA) is 0 Å². The van der Waals surface area contributed by atoms with E-state index in [0.29, 0.717) is 10.2 Å². The van der Waals surface area contributed by atoms with Crippen molar-refractivity contribution in [3.05, 3.63) is 35.4 Å². The molecule has 1 aromatic carbocycles. The number of hydrogen-bond acceptors (Lipinski definition) is 1. The second-order valence-electron chi connectivity index (χ2n) is 3.57. The Hall–Kier alpha value is -0.400. The summed E-state index contributed by atoms with van der Waals surface area (Å²) < 4.78 is 0.441. The third kappa shape index (κ3) is 3.45. The van der Waals surface area contributed by atoms with Gasteiger partial charge in [-0.1, -0.05) is 61.9 Å². The maximum atomic E-state index is 5.69. The minimum absolute atomic E-state index is 0.441. The van der Waals surface area contributed by atoms with Crippen molar-refractivity contribution in [1.29, 1.82) is 0 Å². The van der Waals surface area contributed by atoms with Gasteiger partial charge in [-0.2, -0.15) is 0 Å². The van der Waals surface area contributed by atoms with E-state index in [2.05, 4.69) is 26.0 Å². The highest BCUT2D eigenvalue weighted by Crippen LogP contribution is 2.11. The van der Waals surface area contributed by atoms with Crippen molar-refractivity contribution in [3.63, 3.8) is 0 Å². The van der Waals surface area contributed by atoms with Crippen LogP contribution in [0.1, 0.15) is 25.0 Å². The first-order chi connectivity index (χ1) is 6.09. The molecule has 70 valence electrons. The Bertz CT molecular complexity index is 287. The lowest BCUT2D eigenvalue weighted by Gasteiger charge is -2.04. The van der Waals surface area contributed by atoms with Crippen LogP contribution >= 0.6 is 23.8 Å². The molecule has 0 aliphatic carbocycles. The summed E-state index contributed by atoms with van der Waals surface area (Å²) >= 11 is 10.6. The molecule has 0 aromatic heterocycles. The van der Waals surface area contributed by atoms with Crippen LogP contribution in [0.2, 0.25) is 0 Å². The number of halogens is 1. The summed E-state index contributed by atoms with van der Waals surface area (Å²) in [6, 6.07) is 8.13. The van der Waals surface area contributed by atoms with E-state index in [0.717, 1.165) is 12.0 Å². The predicted molar refractivity (Wildman–Crippen MR) is 62.5 cm³/mol. The highest BCUT2D eigenvalue weighted by Gasteiger charge is 1.99. The monoisotopic (exact) mass is 212 g/mol. The van der Waals surface area contributed by atoms with Crippen molar-refractivity contribution in [1.82, 2.24) is 0 Å². The van der Waals surface area contributed by atoms with Crippen LogP contribution in [0.3, 0.4) is 0 Å². The summed E-state index contributed by atoms with van der Waals surface area (Å²) in [5.74, 6) is 0.689. The summed E-state index contributed by atoms with van der Waals surface area (Å²) in [5.41, 5.74) is 2.27. The van der Waals surface area contributed by atoms with Gasteiger partial charge in [-0.25, -0.2) is 0 Å². The average Bonchev–Trinajstić information content (AvgIpc) is 2.04. The normalized spacial score (nSPS) is 10.5. The molecule has 0 heterocycles. The molecule has 0 amide bonds. The number of thiocarbonyl (C=S) groups is 1. The fourth-order valence-corrected chi connectivity index (χ4v) is 1.51. The summed E-state index contributed by atoms with van der Waals surface area (Å²) in [6.45, 7) is 4.42. The van der Waals surface area contributed by atoms with Gasteiger partial charge in [-0.3, -0.25) is 0 Å². The largest absolute Gasteiger partial charge is 0.111 e. The Morgan fingerprint density at radius 1 is 1.31 bits per heavy atom.